The Labute approximate surface area is 174 Å². The molecule has 2 saturated heterocycles. The average Bonchev–Trinajstić information content (AvgIpc) is 3.63. The van der Waals surface area contributed by atoms with E-state index in [9.17, 15) is 9.59 Å². The fourth-order valence-electron chi connectivity index (χ4n) is 5.49. The lowest BCUT2D eigenvalue weighted by Gasteiger charge is -2.42. The third-order valence-corrected chi connectivity index (χ3v) is 7.54. The van der Waals surface area contributed by atoms with Gasteiger partial charge in [-0.25, -0.2) is 0 Å². The highest BCUT2D eigenvalue weighted by atomic mass is 16.2. The smallest absolute Gasteiger partial charge is 0.226 e. The predicted molar refractivity (Wildman–Crippen MR) is 112 cm³/mol. The molecular weight excluding hydrogens is 362 g/mol. The van der Waals surface area contributed by atoms with Gasteiger partial charge in [0.25, 0.3) is 0 Å². The fourth-order valence-corrected chi connectivity index (χ4v) is 5.49. The molecule has 156 valence electrons. The number of amides is 2. The van der Waals surface area contributed by atoms with E-state index in [-0.39, 0.29) is 5.92 Å². The maximum absolute atomic E-state index is 13.1. The number of hydrogen-bond acceptors (Lipinski definition) is 3. The lowest BCUT2D eigenvalue weighted by atomic mass is 9.91. The molecular formula is C24H33N3O2. The van der Waals surface area contributed by atoms with Gasteiger partial charge in [0.2, 0.25) is 11.8 Å². The highest BCUT2D eigenvalue weighted by Gasteiger charge is 2.37. The molecule has 4 aliphatic rings. The molecule has 0 atom stereocenters. The third kappa shape index (κ3) is 4.07. The first-order chi connectivity index (χ1) is 14.2. The van der Waals surface area contributed by atoms with Crippen molar-refractivity contribution >= 4 is 11.8 Å². The molecule has 0 N–H and O–H groups in total. The number of likely N-dealkylation sites (tertiary alicyclic amines) is 2. The highest BCUT2D eigenvalue weighted by Crippen LogP contribution is 2.33. The summed E-state index contributed by atoms with van der Waals surface area (Å²) in [4.78, 5) is 32.1. The van der Waals surface area contributed by atoms with Crippen molar-refractivity contribution in [2.45, 2.75) is 57.5 Å². The molecule has 1 aliphatic carbocycles. The van der Waals surface area contributed by atoms with Gasteiger partial charge in [-0.2, -0.15) is 0 Å². The van der Waals surface area contributed by atoms with E-state index >= 15 is 0 Å². The van der Waals surface area contributed by atoms with Crippen molar-refractivity contribution in [3.63, 3.8) is 0 Å². The van der Waals surface area contributed by atoms with E-state index in [4.69, 9.17) is 0 Å². The van der Waals surface area contributed by atoms with Crippen LogP contribution in [0, 0.1) is 11.8 Å². The van der Waals surface area contributed by atoms with E-state index in [1.807, 2.05) is 0 Å². The molecule has 2 amide bonds. The molecule has 5 nitrogen and oxygen atoms in total. The molecule has 1 saturated carbocycles. The Morgan fingerprint density at radius 1 is 0.690 bits per heavy atom. The third-order valence-electron chi connectivity index (χ3n) is 7.54. The number of carbonyl (C=O) groups excluding carboxylic acids is 2. The lowest BCUT2D eigenvalue weighted by Crippen LogP contribution is -2.51. The molecule has 0 radical (unpaired) electrons. The maximum atomic E-state index is 13.1. The summed E-state index contributed by atoms with van der Waals surface area (Å²) in [6.45, 7) is 5.55. The number of carbonyl (C=O) groups is 2. The highest BCUT2D eigenvalue weighted by molar-refractivity contribution is 5.81. The van der Waals surface area contributed by atoms with Crippen LogP contribution in [-0.2, 0) is 22.6 Å². The molecule has 0 aromatic heterocycles. The van der Waals surface area contributed by atoms with E-state index in [2.05, 4.69) is 39.0 Å². The molecule has 0 unspecified atom stereocenters. The van der Waals surface area contributed by atoms with Gasteiger partial charge in [0, 0.05) is 44.1 Å². The summed E-state index contributed by atoms with van der Waals surface area (Å²) in [5.41, 5.74) is 2.72. The summed E-state index contributed by atoms with van der Waals surface area (Å²) in [6.07, 6.45) is 7.35. The predicted octanol–water partition coefficient (Wildman–Crippen LogP) is 2.68. The number of benzene rings is 1. The lowest BCUT2D eigenvalue weighted by molar-refractivity contribution is -0.139. The normalized spacial score (nSPS) is 24.4. The minimum atomic E-state index is 0.188. The molecule has 0 spiro atoms. The summed E-state index contributed by atoms with van der Waals surface area (Å²) in [7, 11) is 0. The minimum Gasteiger partial charge on any atom is -0.342 e. The van der Waals surface area contributed by atoms with Crippen molar-refractivity contribution in [2.75, 3.05) is 32.7 Å². The zero-order valence-electron chi connectivity index (χ0n) is 17.4. The van der Waals surface area contributed by atoms with Gasteiger partial charge in [-0.1, -0.05) is 24.3 Å². The molecule has 1 aromatic rings. The minimum absolute atomic E-state index is 0.188. The van der Waals surface area contributed by atoms with E-state index < -0.39 is 0 Å². The Balaban J connectivity index is 1.09. The monoisotopic (exact) mass is 395 g/mol. The molecule has 3 aliphatic heterocycles. The Kier molecular flexibility index (Phi) is 5.33. The maximum Gasteiger partial charge on any atom is 0.226 e. The summed E-state index contributed by atoms with van der Waals surface area (Å²) < 4.78 is 0. The van der Waals surface area contributed by atoms with Crippen molar-refractivity contribution in [2.24, 2.45) is 11.8 Å². The molecule has 0 bridgehead atoms. The zero-order chi connectivity index (χ0) is 19.8. The van der Waals surface area contributed by atoms with Crippen LogP contribution in [0.4, 0.5) is 0 Å². The molecule has 29 heavy (non-hydrogen) atoms. The number of rotatable bonds is 3. The van der Waals surface area contributed by atoms with E-state index in [0.717, 1.165) is 84.2 Å². The summed E-state index contributed by atoms with van der Waals surface area (Å²) in [5, 5.41) is 0. The van der Waals surface area contributed by atoms with Gasteiger partial charge in [0.1, 0.15) is 0 Å². The first kappa shape index (κ1) is 19.1. The Hall–Kier alpha value is -1.88. The first-order valence-corrected chi connectivity index (χ1v) is 11.6. The van der Waals surface area contributed by atoms with Gasteiger partial charge in [0.15, 0.2) is 0 Å². The molecule has 3 heterocycles. The number of fused-ring (bicyclic) bond motifs is 1. The van der Waals surface area contributed by atoms with Gasteiger partial charge < -0.3 is 14.7 Å². The van der Waals surface area contributed by atoms with Crippen LogP contribution in [0.5, 0.6) is 0 Å². The molecule has 1 aromatic carbocycles. The molecule has 5 heteroatoms. The van der Waals surface area contributed by atoms with Gasteiger partial charge in [-0.15, -0.1) is 0 Å². The van der Waals surface area contributed by atoms with E-state index in [1.54, 1.807) is 0 Å². The van der Waals surface area contributed by atoms with Crippen LogP contribution in [0.15, 0.2) is 24.3 Å². The largest absolute Gasteiger partial charge is 0.342 e. The summed E-state index contributed by atoms with van der Waals surface area (Å²) in [5.74, 6) is 1.29. The second-order valence-corrected chi connectivity index (χ2v) is 9.42. The van der Waals surface area contributed by atoms with Crippen LogP contribution < -0.4 is 0 Å². The van der Waals surface area contributed by atoms with E-state index in [1.165, 1.54) is 11.1 Å². The quantitative estimate of drug-likeness (QED) is 0.790. The van der Waals surface area contributed by atoms with Crippen LogP contribution in [0.3, 0.4) is 0 Å². The van der Waals surface area contributed by atoms with Crippen LogP contribution >= 0.6 is 0 Å². The SMILES string of the molecule is O=C(C1CC1)N1CCC(N2CCC(C(=O)N3CCc4ccccc4C3)CC2)CC1. The van der Waals surface area contributed by atoms with Crippen LogP contribution in [0.1, 0.15) is 49.7 Å². The van der Waals surface area contributed by atoms with Crippen molar-refractivity contribution < 1.29 is 9.59 Å². The second kappa shape index (κ2) is 8.10. The van der Waals surface area contributed by atoms with Crippen molar-refractivity contribution in [1.29, 1.82) is 0 Å². The summed E-state index contributed by atoms with van der Waals surface area (Å²) in [6, 6.07) is 9.13. The zero-order valence-corrected chi connectivity index (χ0v) is 17.4. The van der Waals surface area contributed by atoms with E-state index in [0.29, 0.717) is 23.8 Å². The Morgan fingerprint density at radius 2 is 1.31 bits per heavy atom. The molecule has 5 rings (SSSR count). The number of hydrogen-bond donors (Lipinski definition) is 0. The standard InChI is InChI=1S/C24H33N3O2/c28-23(19-5-6-19)26-15-10-22(11-16-26)25-12-8-20(9-13-25)24(29)27-14-7-18-3-1-2-4-21(18)17-27/h1-4,19-20,22H,5-17H2. The first-order valence-electron chi connectivity index (χ1n) is 11.6. The van der Waals surface area contributed by atoms with Gasteiger partial charge in [0.05, 0.1) is 0 Å². The van der Waals surface area contributed by atoms with Crippen LogP contribution in [0.2, 0.25) is 0 Å². The topological polar surface area (TPSA) is 43.9 Å². The van der Waals surface area contributed by atoms with Crippen LogP contribution in [-0.4, -0.2) is 65.3 Å². The average molecular weight is 396 g/mol. The van der Waals surface area contributed by atoms with Crippen molar-refractivity contribution in [1.82, 2.24) is 14.7 Å². The van der Waals surface area contributed by atoms with Gasteiger partial charge in [-0.05, 0) is 69.2 Å². The Morgan fingerprint density at radius 3 is 2.00 bits per heavy atom. The van der Waals surface area contributed by atoms with Gasteiger partial charge >= 0.3 is 0 Å². The fraction of sp³-hybridized carbons (Fsp3) is 0.667. The number of nitrogens with zero attached hydrogens (tertiary/aromatic N) is 3. The number of piperidine rings is 2. The van der Waals surface area contributed by atoms with Gasteiger partial charge in [-0.3, -0.25) is 9.59 Å². The Bertz CT molecular complexity index is 759. The van der Waals surface area contributed by atoms with Crippen molar-refractivity contribution in [3.05, 3.63) is 35.4 Å². The summed E-state index contributed by atoms with van der Waals surface area (Å²) >= 11 is 0. The molecule has 3 fully saturated rings. The second-order valence-electron chi connectivity index (χ2n) is 9.42. The van der Waals surface area contributed by atoms with Crippen LogP contribution in [0.25, 0.3) is 0 Å². The van der Waals surface area contributed by atoms with Crippen molar-refractivity contribution in [3.8, 4) is 0 Å².